The van der Waals surface area contributed by atoms with E-state index in [2.05, 4.69) is 17.4 Å². The highest BCUT2D eigenvalue weighted by Crippen LogP contribution is 2.64. The Balaban J connectivity index is 1.31. The molecule has 1 amide bonds. The summed E-state index contributed by atoms with van der Waals surface area (Å²) in [6.07, 6.45) is 3.71. The summed E-state index contributed by atoms with van der Waals surface area (Å²) in [5, 5.41) is 9.26. The predicted molar refractivity (Wildman–Crippen MR) is 144 cm³/mol. The van der Waals surface area contributed by atoms with Gasteiger partial charge in [0.2, 0.25) is 15.9 Å². The Morgan fingerprint density at radius 2 is 1.81 bits per heavy atom. The van der Waals surface area contributed by atoms with Gasteiger partial charge in [0.1, 0.15) is 12.3 Å². The molecule has 3 aliphatic rings. The topological polar surface area (TPSA) is 120 Å². The largest absolute Gasteiger partial charge is 0.497 e. The van der Waals surface area contributed by atoms with E-state index in [1.54, 1.807) is 23.4 Å². The van der Waals surface area contributed by atoms with Crippen LogP contribution in [0.15, 0.2) is 63.2 Å². The Hall–Kier alpha value is -2.60. The molecule has 1 aromatic heterocycles. The zero-order valence-corrected chi connectivity index (χ0v) is 22.6. The zero-order chi connectivity index (χ0) is 25.9. The summed E-state index contributed by atoms with van der Waals surface area (Å²) >= 11 is 3.04. The van der Waals surface area contributed by atoms with Crippen LogP contribution in [0.3, 0.4) is 0 Å². The molecule has 1 aliphatic heterocycles. The number of ether oxygens (including phenoxy) is 1. The number of primary sulfonamides is 1. The van der Waals surface area contributed by atoms with Crippen LogP contribution in [-0.4, -0.2) is 31.3 Å². The van der Waals surface area contributed by atoms with Crippen LogP contribution in [0.4, 0.5) is 5.69 Å². The smallest absolute Gasteiger partial charge is 0.308 e. The number of thiazole rings is 1. The van der Waals surface area contributed by atoms with Gasteiger partial charge in [-0.05, 0) is 79.0 Å². The lowest BCUT2D eigenvalue weighted by Gasteiger charge is -2.40. The number of benzene rings is 2. The number of nitrogens with two attached hydrogens (primary N) is 1. The van der Waals surface area contributed by atoms with Crippen molar-refractivity contribution in [2.45, 2.75) is 46.9 Å². The third-order valence-corrected chi connectivity index (χ3v) is 11.7. The first-order valence-corrected chi connectivity index (χ1v) is 15.4. The number of fused-ring (bicyclic) bond motifs is 6. The number of hydrogen-bond donors (Lipinski definition) is 2. The number of anilines is 1. The molecular formula is C26H27N3O5S3. The molecular weight excluding hydrogens is 531 g/mol. The van der Waals surface area contributed by atoms with E-state index in [9.17, 15) is 18.0 Å². The second-order valence-electron chi connectivity index (χ2n) is 9.98. The number of aromatic nitrogens is 1. The number of amides is 1. The van der Waals surface area contributed by atoms with Crippen molar-refractivity contribution in [3.63, 3.8) is 0 Å². The van der Waals surface area contributed by atoms with Gasteiger partial charge in [-0.15, -0.1) is 11.8 Å². The monoisotopic (exact) mass is 557 g/mol. The number of methoxy groups -OCH3 is 1. The number of carbonyl (C=O) groups is 1. The fourth-order valence-corrected chi connectivity index (χ4v) is 10.0. The van der Waals surface area contributed by atoms with Gasteiger partial charge < -0.3 is 10.1 Å². The van der Waals surface area contributed by atoms with Crippen molar-refractivity contribution in [1.29, 1.82) is 0 Å². The van der Waals surface area contributed by atoms with Crippen molar-refractivity contribution in [1.82, 2.24) is 4.57 Å². The number of hydrogen-bond acceptors (Lipinski definition) is 7. The van der Waals surface area contributed by atoms with Crippen molar-refractivity contribution >= 4 is 44.7 Å². The van der Waals surface area contributed by atoms with Gasteiger partial charge in [-0.1, -0.05) is 23.5 Å². The van der Waals surface area contributed by atoms with Crippen molar-refractivity contribution in [3.05, 3.63) is 68.6 Å². The Kier molecular flexibility index (Phi) is 6.21. The summed E-state index contributed by atoms with van der Waals surface area (Å²) in [6, 6.07) is 13.8. The second kappa shape index (κ2) is 9.30. The maximum Gasteiger partial charge on any atom is 0.308 e. The number of sulfonamides is 1. The molecule has 0 unspecified atom stereocenters. The number of rotatable bonds is 6. The molecule has 2 saturated carbocycles. The van der Waals surface area contributed by atoms with Gasteiger partial charge in [-0.25, -0.2) is 13.6 Å². The molecule has 0 saturated heterocycles. The van der Waals surface area contributed by atoms with E-state index < -0.39 is 10.0 Å². The van der Waals surface area contributed by atoms with Gasteiger partial charge >= 0.3 is 4.87 Å². The third kappa shape index (κ3) is 4.41. The van der Waals surface area contributed by atoms with Crippen LogP contribution in [0.5, 0.6) is 5.75 Å². The van der Waals surface area contributed by atoms with Gasteiger partial charge in [0.05, 0.1) is 17.0 Å². The van der Waals surface area contributed by atoms with E-state index in [1.165, 1.54) is 60.4 Å². The fourth-order valence-electron chi connectivity index (χ4n) is 6.34. The number of nitrogens with zero attached hydrogens (tertiary/aromatic N) is 1. The van der Waals surface area contributed by atoms with Gasteiger partial charge in [-0.3, -0.25) is 14.2 Å². The maximum absolute atomic E-state index is 13.2. The Bertz CT molecular complexity index is 1510. The standard InChI is InChI=1S/C26H27N3O5S3/c1-34-18-8-4-14(5-9-18)21-22-15-2-3-16(12-15)23(22)35-25-24(21)36-26(31)29(25)13-20(30)28-17-6-10-19(11-7-17)37(27,32)33/h4-11,15-16,21-23H,2-3,12-13H2,1H3,(H,28,30)(H2,27,32,33)/t15-,16-,21-,22-,23+/m0/s1. The molecule has 3 aromatic rings. The Morgan fingerprint density at radius 1 is 1.11 bits per heavy atom. The maximum atomic E-state index is 13.2. The molecule has 2 fully saturated rings. The highest BCUT2D eigenvalue weighted by atomic mass is 32.2. The number of nitrogens with one attached hydrogen (secondary N) is 1. The fraction of sp³-hybridized carbons (Fsp3) is 0.385. The van der Waals surface area contributed by atoms with Gasteiger partial charge in [-0.2, -0.15) is 0 Å². The quantitative estimate of drug-likeness (QED) is 0.475. The second-order valence-corrected chi connectivity index (χ2v) is 13.7. The first-order chi connectivity index (χ1) is 17.7. The molecule has 0 spiro atoms. The summed E-state index contributed by atoms with van der Waals surface area (Å²) in [4.78, 5) is 27.0. The van der Waals surface area contributed by atoms with Gasteiger partial charge in [0, 0.05) is 21.7 Å². The van der Waals surface area contributed by atoms with E-state index in [0.717, 1.165) is 15.7 Å². The first-order valence-electron chi connectivity index (χ1n) is 12.2. The minimum Gasteiger partial charge on any atom is -0.497 e. The Labute approximate surface area is 223 Å². The van der Waals surface area contributed by atoms with Crippen LogP contribution in [0, 0.1) is 17.8 Å². The molecule has 3 N–H and O–H groups in total. The third-order valence-electron chi connectivity index (χ3n) is 7.93. The van der Waals surface area contributed by atoms with Crippen LogP contribution in [-0.2, 0) is 21.4 Å². The average molecular weight is 558 g/mol. The molecule has 2 bridgehead atoms. The van der Waals surface area contributed by atoms with E-state index in [4.69, 9.17) is 9.88 Å². The molecule has 2 aromatic carbocycles. The summed E-state index contributed by atoms with van der Waals surface area (Å²) in [5.41, 5.74) is 1.63. The normalized spacial score (nSPS) is 25.9. The zero-order valence-electron chi connectivity index (χ0n) is 20.1. The van der Waals surface area contributed by atoms with Gasteiger partial charge in [0.25, 0.3) is 0 Å². The van der Waals surface area contributed by atoms with Crippen LogP contribution < -0.4 is 20.1 Å². The van der Waals surface area contributed by atoms with Crippen molar-refractivity contribution < 1.29 is 17.9 Å². The predicted octanol–water partition coefficient (Wildman–Crippen LogP) is 3.86. The Morgan fingerprint density at radius 3 is 2.49 bits per heavy atom. The highest BCUT2D eigenvalue weighted by Gasteiger charge is 2.55. The van der Waals surface area contributed by atoms with Gasteiger partial charge in [0.15, 0.2) is 0 Å². The molecule has 11 heteroatoms. The summed E-state index contributed by atoms with van der Waals surface area (Å²) in [7, 11) is -2.16. The van der Waals surface area contributed by atoms with Crippen molar-refractivity contribution in [3.8, 4) is 5.75 Å². The van der Waals surface area contributed by atoms with E-state index in [0.29, 0.717) is 28.7 Å². The van der Waals surface area contributed by atoms with Crippen LogP contribution in [0.2, 0.25) is 0 Å². The lowest BCUT2D eigenvalue weighted by atomic mass is 9.75. The van der Waals surface area contributed by atoms with Crippen LogP contribution >= 0.6 is 23.1 Å². The molecule has 0 radical (unpaired) electrons. The highest BCUT2D eigenvalue weighted by molar-refractivity contribution is 8.00. The summed E-state index contributed by atoms with van der Waals surface area (Å²) < 4.78 is 29.9. The molecule has 2 aliphatic carbocycles. The lowest BCUT2D eigenvalue weighted by molar-refractivity contribution is -0.116. The molecule has 8 nitrogen and oxygen atoms in total. The van der Waals surface area contributed by atoms with E-state index in [-0.39, 0.29) is 28.1 Å². The molecule has 5 atom stereocenters. The molecule has 194 valence electrons. The minimum atomic E-state index is -3.81. The average Bonchev–Trinajstić information content (AvgIpc) is 3.57. The molecule has 6 rings (SSSR count). The van der Waals surface area contributed by atoms with Crippen molar-refractivity contribution in [2.24, 2.45) is 22.9 Å². The number of thioether (sulfide) groups is 1. The number of carbonyl (C=O) groups excluding carboxylic acids is 1. The SMILES string of the molecule is COc1ccc([C@@H]2c3sc(=O)n(CC(=O)Nc4ccc(S(N)(=O)=O)cc4)c3S[C@@H]3[C@H]4CC[C@@H](C4)[C@@H]23)cc1. The first kappa shape index (κ1) is 24.7. The van der Waals surface area contributed by atoms with Crippen LogP contribution in [0.1, 0.15) is 35.6 Å². The molecule has 37 heavy (non-hydrogen) atoms. The lowest BCUT2D eigenvalue weighted by Crippen LogP contribution is -2.34. The van der Waals surface area contributed by atoms with Crippen LogP contribution in [0.25, 0.3) is 0 Å². The summed E-state index contributed by atoms with van der Waals surface area (Å²) in [6.45, 7) is -0.102. The van der Waals surface area contributed by atoms with E-state index >= 15 is 0 Å². The minimum absolute atomic E-state index is 0.0324. The molecule has 2 heterocycles. The summed E-state index contributed by atoms with van der Waals surface area (Å²) in [5.74, 6) is 2.39. The van der Waals surface area contributed by atoms with Crippen molar-refractivity contribution in [2.75, 3.05) is 12.4 Å². The van der Waals surface area contributed by atoms with E-state index in [1.807, 2.05) is 12.1 Å².